The first-order chi connectivity index (χ1) is 9.98. The van der Waals surface area contributed by atoms with Crippen LogP contribution in [0.15, 0.2) is 18.5 Å². The summed E-state index contributed by atoms with van der Waals surface area (Å²) in [5.41, 5.74) is 2.59. The number of ether oxygens (including phenoxy) is 1. The fourth-order valence-corrected chi connectivity index (χ4v) is 2.54. The Hall–Kier alpha value is -2.25. The van der Waals surface area contributed by atoms with Gasteiger partial charge in [0.15, 0.2) is 11.4 Å². The number of aliphatic hydroxyl groups excluding tert-OH is 2. The average molecular weight is 291 g/mol. The number of nitriles is 1. The molecule has 2 aromatic rings. The van der Waals surface area contributed by atoms with Crippen LogP contribution in [0.3, 0.4) is 0 Å². The van der Waals surface area contributed by atoms with E-state index < -0.39 is 23.9 Å². The van der Waals surface area contributed by atoms with Crippen molar-refractivity contribution in [2.45, 2.75) is 17.3 Å². The number of nitrogen functional groups attached to an aromatic ring is 1. The van der Waals surface area contributed by atoms with Crippen LogP contribution in [0.25, 0.3) is 5.52 Å². The summed E-state index contributed by atoms with van der Waals surface area (Å²) < 4.78 is 6.49. The second kappa shape index (κ2) is 4.37. The molecule has 0 aromatic carbocycles. The number of aromatic nitrogens is 3. The summed E-state index contributed by atoms with van der Waals surface area (Å²) in [6, 6.07) is 4.80. The lowest BCUT2D eigenvalue weighted by Crippen LogP contribution is -2.50. The predicted molar refractivity (Wildman–Crippen MR) is 68.7 cm³/mol. The van der Waals surface area contributed by atoms with Crippen molar-refractivity contribution in [3.05, 3.63) is 24.2 Å². The number of hydrogen-bond donors (Lipinski definition) is 4. The topological polar surface area (TPSA) is 150 Å². The maximum atomic E-state index is 10.7. The van der Waals surface area contributed by atoms with Gasteiger partial charge in [-0.2, -0.15) is 10.4 Å². The molecule has 2 aromatic heterocycles. The zero-order valence-electron chi connectivity index (χ0n) is 10.8. The highest BCUT2D eigenvalue weighted by atomic mass is 16.6. The van der Waals surface area contributed by atoms with Gasteiger partial charge in [-0.25, -0.2) is 9.50 Å². The monoisotopic (exact) mass is 291 g/mol. The van der Waals surface area contributed by atoms with Crippen LogP contribution in [0, 0.1) is 11.3 Å². The predicted octanol–water partition coefficient (Wildman–Crippen LogP) is -1.86. The standard InChI is InChI=1S/C12H13N5O4/c13-3-11(4-18)10(19)12(20,5-21-11)8-2-1-7-9(14)15-6-16-17(7)8/h1-2,6,10,18-20H,4-5H2,(H2,14,15,16). The summed E-state index contributed by atoms with van der Waals surface area (Å²) in [7, 11) is 0. The molecule has 0 bridgehead atoms. The number of nitrogens with zero attached hydrogens (tertiary/aromatic N) is 4. The highest BCUT2D eigenvalue weighted by Crippen LogP contribution is 2.40. The Bertz CT molecular complexity index is 741. The molecule has 0 aliphatic carbocycles. The molecule has 3 rings (SSSR count). The van der Waals surface area contributed by atoms with Crippen LogP contribution < -0.4 is 5.73 Å². The van der Waals surface area contributed by atoms with E-state index in [-0.39, 0.29) is 18.1 Å². The van der Waals surface area contributed by atoms with E-state index in [0.717, 1.165) is 0 Å². The van der Waals surface area contributed by atoms with E-state index in [9.17, 15) is 15.3 Å². The van der Waals surface area contributed by atoms with Crippen LogP contribution in [-0.4, -0.2) is 54.8 Å². The Morgan fingerprint density at radius 1 is 1.57 bits per heavy atom. The van der Waals surface area contributed by atoms with Crippen LogP contribution in [0.1, 0.15) is 5.69 Å². The van der Waals surface area contributed by atoms with Crippen molar-refractivity contribution in [3.8, 4) is 6.07 Å². The summed E-state index contributed by atoms with van der Waals surface area (Å²) in [4.78, 5) is 3.83. The van der Waals surface area contributed by atoms with Crippen molar-refractivity contribution in [3.63, 3.8) is 0 Å². The molecule has 0 amide bonds. The molecule has 0 radical (unpaired) electrons. The summed E-state index contributed by atoms with van der Waals surface area (Å²) >= 11 is 0. The molecule has 9 nitrogen and oxygen atoms in total. The van der Waals surface area contributed by atoms with E-state index in [4.69, 9.17) is 15.7 Å². The highest BCUT2D eigenvalue weighted by molar-refractivity contribution is 5.65. The van der Waals surface area contributed by atoms with Crippen LogP contribution in [0.2, 0.25) is 0 Å². The lowest BCUT2D eigenvalue weighted by atomic mass is 9.86. The van der Waals surface area contributed by atoms with Gasteiger partial charge in [-0.3, -0.25) is 0 Å². The molecule has 21 heavy (non-hydrogen) atoms. The van der Waals surface area contributed by atoms with Gasteiger partial charge in [0.05, 0.1) is 18.9 Å². The normalized spacial score (nSPS) is 32.4. The fraction of sp³-hybridized carbons (Fsp3) is 0.417. The minimum absolute atomic E-state index is 0.199. The smallest absolute Gasteiger partial charge is 0.206 e. The number of hydrogen-bond acceptors (Lipinski definition) is 8. The van der Waals surface area contributed by atoms with E-state index in [0.29, 0.717) is 5.52 Å². The van der Waals surface area contributed by atoms with Gasteiger partial charge in [0.2, 0.25) is 5.60 Å². The second-order valence-corrected chi connectivity index (χ2v) is 4.94. The number of aliphatic hydroxyl groups is 3. The largest absolute Gasteiger partial charge is 0.392 e. The number of fused-ring (bicyclic) bond motifs is 1. The third-order valence-electron chi connectivity index (χ3n) is 3.79. The van der Waals surface area contributed by atoms with E-state index in [2.05, 4.69) is 10.1 Å². The molecule has 0 saturated carbocycles. The maximum absolute atomic E-state index is 10.7. The van der Waals surface area contributed by atoms with Gasteiger partial charge < -0.3 is 25.8 Å². The van der Waals surface area contributed by atoms with Crippen molar-refractivity contribution in [1.29, 1.82) is 5.26 Å². The van der Waals surface area contributed by atoms with Crippen LogP contribution in [0.4, 0.5) is 5.82 Å². The Kier molecular flexibility index (Phi) is 2.86. The fourth-order valence-electron chi connectivity index (χ4n) is 2.54. The molecule has 1 saturated heterocycles. The van der Waals surface area contributed by atoms with Crippen molar-refractivity contribution < 1.29 is 20.1 Å². The highest BCUT2D eigenvalue weighted by Gasteiger charge is 2.60. The minimum atomic E-state index is -1.90. The van der Waals surface area contributed by atoms with Gasteiger partial charge in [0, 0.05) is 0 Å². The summed E-state index contributed by atoms with van der Waals surface area (Å²) in [5.74, 6) is 0.210. The Labute approximate surface area is 118 Å². The van der Waals surface area contributed by atoms with Crippen LogP contribution in [0.5, 0.6) is 0 Å². The molecule has 3 atom stereocenters. The molecule has 1 aliphatic rings. The lowest BCUT2D eigenvalue weighted by Gasteiger charge is -2.28. The molecule has 1 fully saturated rings. The molecule has 1 aliphatic heterocycles. The van der Waals surface area contributed by atoms with Gasteiger partial charge in [0.1, 0.15) is 24.0 Å². The van der Waals surface area contributed by atoms with Gasteiger partial charge in [-0.05, 0) is 12.1 Å². The van der Waals surface area contributed by atoms with E-state index in [1.165, 1.54) is 16.9 Å². The van der Waals surface area contributed by atoms with E-state index in [1.807, 2.05) is 0 Å². The number of nitrogens with two attached hydrogens (primary N) is 1. The van der Waals surface area contributed by atoms with Gasteiger partial charge in [0.25, 0.3) is 0 Å². The van der Waals surface area contributed by atoms with E-state index >= 15 is 0 Å². The summed E-state index contributed by atoms with van der Waals surface area (Å²) in [6.07, 6.45) is -0.435. The molecule has 9 heteroatoms. The Balaban J connectivity index is 2.15. The van der Waals surface area contributed by atoms with Crippen molar-refractivity contribution in [2.75, 3.05) is 18.9 Å². The lowest BCUT2D eigenvalue weighted by molar-refractivity contribution is -0.0830. The van der Waals surface area contributed by atoms with Crippen LogP contribution in [-0.2, 0) is 10.3 Å². The van der Waals surface area contributed by atoms with Crippen molar-refractivity contribution >= 4 is 11.3 Å². The maximum Gasteiger partial charge on any atom is 0.206 e. The summed E-state index contributed by atoms with van der Waals surface area (Å²) in [5, 5.41) is 43.5. The number of anilines is 1. The molecular formula is C12H13N5O4. The number of rotatable bonds is 2. The first kappa shape index (κ1) is 13.7. The first-order valence-electron chi connectivity index (χ1n) is 6.14. The van der Waals surface area contributed by atoms with Crippen LogP contribution >= 0.6 is 0 Å². The van der Waals surface area contributed by atoms with Gasteiger partial charge in [-0.1, -0.05) is 0 Å². The summed E-state index contributed by atoms with van der Waals surface area (Å²) in [6.45, 7) is -1.11. The third kappa shape index (κ3) is 1.64. The molecular weight excluding hydrogens is 278 g/mol. The molecule has 5 N–H and O–H groups in total. The minimum Gasteiger partial charge on any atom is -0.392 e. The third-order valence-corrected chi connectivity index (χ3v) is 3.79. The molecule has 110 valence electrons. The zero-order valence-corrected chi connectivity index (χ0v) is 10.8. The Morgan fingerprint density at radius 2 is 2.33 bits per heavy atom. The first-order valence-corrected chi connectivity index (χ1v) is 6.14. The Morgan fingerprint density at radius 3 is 2.95 bits per heavy atom. The van der Waals surface area contributed by atoms with Gasteiger partial charge in [-0.15, -0.1) is 0 Å². The second-order valence-electron chi connectivity index (χ2n) is 4.94. The van der Waals surface area contributed by atoms with Gasteiger partial charge >= 0.3 is 0 Å². The van der Waals surface area contributed by atoms with Crippen molar-refractivity contribution in [1.82, 2.24) is 14.6 Å². The van der Waals surface area contributed by atoms with Crippen molar-refractivity contribution in [2.24, 2.45) is 0 Å². The molecule has 3 unspecified atom stereocenters. The molecule has 0 spiro atoms. The molecule has 3 heterocycles. The SMILES string of the molecule is N#CC1(CO)OCC(O)(c2ccc3c(N)ncnn23)C1O. The average Bonchev–Trinajstić information content (AvgIpc) is 3.03. The zero-order chi connectivity index (χ0) is 15.3. The quantitative estimate of drug-likeness (QED) is 0.503. The van der Waals surface area contributed by atoms with E-state index in [1.54, 1.807) is 12.1 Å².